The smallest absolute Gasteiger partial charge is 0.191 e. The van der Waals surface area contributed by atoms with Gasteiger partial charge in [-0.1, -0.05) is 24.3 Å². The number of aliphatic imine (C=N–C) groups is 1. The fourth-order valence-corrected chi connectivity index (χ4v) is 3.49. The molecular weight excluding hydrogens is 519 g/mol. The molecule has 1 aromatic heterocycles. The van der Waals surface area contributed by atoms with E-state index in [1.807, 2.05) is 31.2 Å². The Bertz CT molecular complexity index is 818. The van der Waals surface area contributed by atoms with Gasteiger partial charge in [0.25, 0.3) is 0 Å². The fraction of sp³-hybridized carbons (Fsp3) is 0.458. The number of nitrogens with zero attached hydrogens (tertiary/aromatic N) is 2. The number of ether oxygens (including phenoxy) is 2. The van der Waals surface area contributed by atoms with E-state index in [4.69, 9.17) is 18.9 Å². The summed E-state index contributed by atoms with van der Waals surface area (Å²) < 4.78 is 16.3. The second-order valence-electron chi connectivity index (χ2n) is 7.69. The first-order valence-corrected chi connectivity index (χ1v) is 10.8. The minimum Gasteiger partial charge on any atom is -0.497 e. The van der Waals surface area contributed by atoms with Gasteiger partial charge in [-0.25, -0.2) is 0 Å². The lowest BCUT2D eigenvalue weighted by Gasteiger charge is -2.34. The van der Waals surface area contributed by atoms with Crippen LogP contribution in [0, 0.1) is 0 Å². The monoisotopic (exact) mass is 554 g/mol. The molecule has 176 valence electrons. The van der Waals surface area contributed by atoms with Crippen LogP contribution in [-0.2, 0) is 11.2 Å². The van der Waals surface area contributed by atoms with E-state index in [0.717, 1.165) is 62.3 Å². The minimum absolute atomic E-state index is 0. The summed E-state index contributed by atoms with van der Waals surface area (Å²) in [6.07, 6.45) is 2.50. The van der Waals surface area contributed by atoms with Crippen molar-refractivity contribution in [1.82, 2.24) is 15.5 Å². The topological polar surface area (TPSA) is 71.3 Å². The molecule has 0 radical (unpaired) electrons. The molecule has 0 saturated carbocycles. The first-order valence-electron chi connectivity index (χ1n) is 10.8. The molecule has 2 heterocycles. The van der Waals surface area contributed by atoms with Crippen LogP contribution in [0.25, 0.3) is 0 Å². The predicted molar refractivity (Wildman–Crippen MR) is 139 cm³/mol. The van der Waals surface area contributed by atoms with Crippen LogP contribution >= 0.6 is 24.0 Å². The highest BCUT2D eigenvalue weighted by molar-refractivity contribution is 14.0. The molecule has 1 atom stereocenters. The van der Waals surface area contributed by atoms with E-state index in [1.165, 1.54) is 5.56 Å². The van der Waals surface area contributed by atoms with Crippen LogP contribution in [-0.4, -0.2) is 63.9 Å². The number of hydrogen-bond acceptors (Lipinski definition) is 5. The average Bonchev–Trinajstić information content (AvgIpc) is 3.31. The van der Waals surface area contributed by atoms with E-state index >= 15 is 0 Å². The van der Waals surface area contributed by atoms with Gasteiger partial charge in [0.1, 0.15) is 11.5 Å². The summed E-state index contributed by atoms with van der Waals surface area (Å²) in [5, 5.41) is 6.79. The maximum absolute atomic E-state index is 5.56. The molecule has 0 amide bonds. The summed E-state index contributed by atoms with van der Waals surface area (Å²) in [5.41, 5.74) is 2.28. The lowest BCUT2D eigenvalue weighted by atomic mass is 10.0. The van der Waals surface area contributed by atoms with Gasteiger partial charge in [0.2, 0.25) is 0 Å². The molecule has 0 aliphatic carbocycles. The molecule has 8 heteroatoms. The first-order chi connectivity index (χ1) is 15.2. The van der Waals surface area contributed by atoms with Crippen molar-refractivity contribution in [3.63, 3.8) is 0 Å². The summed E-state index contributed by atoms with van der Waals surface area (Å²) in [6.45, 7) is 11.3. The number of rotatable bonds is 10. The number of hydrogen-bond donors (Lipinski definition) is 2. The fourth-order valence-electron chi connectivity index (χ4n) is 3.49. The summed E-state index contributed by atoms with van der Waals surface area (Å²) in [6, 6.07) is 12.3. The van der Waals surface area contributed by atoms with Crippen molar-refractivity contribution < 1.29 is 13.9 Å². The number of guanidine groups is 1. The summed E-state index contributed by atoms with van der Waals surface area (Å²) in [4.78, 5) is 7.36. The Labute approximate surface area is 208 Å². The molecule has 1 unspecified atom stereocenters. The Morgan fingerprint density at radius 1 is 1.19 bits per heavy atom. The molecule has 1 aliphatic rings. The Morgan fingerprint density at radius 2 is 1.94 bits per heavy atom. The zero-order chi connectivity index (χ0) is 21.9. The van der Waals surface area contributed by atoms with Crippen LogP contribution in [0.15, 0.2) is 64.2 Å². The molecule has 1 aromatic carbocycles. The van der Waals surface area contributed by atoms with Gasteiger partial charge in [-0.2, -0.15) is 0 Å². The van der Waals surface area contributed by atoms with Crippen molar-refractivity contribution in [2.75, 3.05) is 53.0 Å². The lowest BCUT2D eigenvalue weighted by Crippen LogP contribution is -2.42. The molecule has 0 bridgehead atoms. The van der Waals surface area contributed by atoms with E-state index in [-0.39, 0.29) is 30.0 Å². The highest BCUT2D eigenvalue weighted by atomic mass is 127. The zero-order valence-corrected chi connectivity index (χ0v) is 21.3. The molecule has 32 heavy (non-hydrogen) atoms. The molecular formula is C24H35IN4O3. The number of methoxy groups -OCH3 is 1. The number of halogens is 1. The summed E-state index contributed by atoms with van der Waals surface area (Å²) in [7, 11) is 1.69. The Kier molecular flexibility index (Phi) is 11.6. The van der Waals surface area contributed by atoms with Crippen molar-refractivity contribution in [2.24, 2.45) is 4.99 Å². The number of morpholine rings is 1. The third-order valence-corrected chi connectivity index (χ3v) is 5.21. The van der Waals surface area contributed by atoms with Crippen molar-refractivity contribution in [3.05, 3.63) is 66.1 Å². The quantitative estimate of drug-likeness (QED) is 0.202. The highest BCUT2D eigenvalue weighted by Gasteiger charge is 2.22. The first kappa shape index (κ1) is 26.2. The van der Waals surface area contributed by atoms with Crippen molar-refractivity contribution in [3.8, 4) is 5.75 Å². The van der Waals surface area contributed by atoms with E-state index in [2.05, 4.69) is 34.2 Å². The molecule has 1 aliphatic heterocycles. The maximum atomic E-state index is 5.56. The summed E-state index contributed by atoms with van der Waals surface area (Å²) in [5.74, 6) is 2.59. The zero-order valence-electron chi connectivity index (χ0n) is 19.0. The Morgan fingerprint density at radius 3 is 2.56 bits per heavy atom. The van der Waals surface area contributed by atoms with E-state index in [0.29, 0.717) is 13.1 Å². The predicted octanol–water partition coefficient (Wildman–Crippen LogP) is 3.63. The van der Waals surface area contributed by atoms with Crippen LogP contribution in [0.4, 0.5) is 0 Å². The third-order valence-electron chi connectivity index (χ3n) is 5.21. The normalized spacial score (nSPS) is 15.5. The molecule has 3 rings (SSSR count). The van der Waals surface area contributed by atoms with Gasteiger partial charge in [-0.15, -0.1) is 24.0 Å². The number of furan rings is 1. The summed E-state index contributed by atoms with van der Waals surface area (Å²) >= 11 is 0. The number of nitrogens with one attached hydrogen (secondary N) is 2. The molecule has 0 spiro atoms. The van der Waals surface area contributed by atoms with E-state index in [1.54, 1.807) is 13.4 Å². The second-order valence-corrected chi connectivity index (χ2v) is 7.69. The van der Waals surface area contributed by atoms with Crippen molar-refractivity contribution in [1.29, 1.82) is 0 Å². The van der Waals surface area contributed by atoms with Gasteiger partial charge < -0.3 is 24.5 Å². The van der Waals surface area contributed by atoms with Gasteiger partial charge >= 0.3 is 0 Å². The van der Waals surface area contributed by atoms with Gasteiger partial charge in [-0.05, 0) is 36.8 Å². The standard InChI is InChI=1S/C24H34N4O3.HI/c1-19(2)17-26-24(25-11-10-22-5-4-14-31-22)27-18-23(28-12-15-30-16-13-28)20-6-8-21(29-3)9-7-20;/h4-9,14,23H,1,10-13,15-18H2,2-3H3,(H2,25,26,27);1H. The molecule has 7 nitrogen and oxygen atoms in total. The number of benzene rings is 1. The average molecular weight is 554 g/mol. The van der Waals surface area contributed by atoms with E-state index < -0.39 is 0 Å². The van der Waals surface area contributed by atoms with Gasteiger partial charge in [0, 0.05) is 32.6 Å². The van der Waals surface area contributed by atoms with Gasteiger partial charge in [0.15, 0.2) is 5.96 Å². The lowest BCUT2D eigenvalue weighted by molar-refractivity contribution is 0.0179. The third kappa shape index (κ3) is 8.48. The van der Waals surface area contributed by atoms with Crippen molar-refractivity contribution >= 4 is 29.9 Å². The Balaban J connectivity index is 0.00000363. The van der Waals surface area contributed by atoms with Crippen molar-refractivity contribution in [2.45, 2.75) is 19.4 Å². The van der Waals surface area contributed by atoms with Crippen LogP contribution in [0.3, 0.4) is 0 Å². The largest absolute Gasteiger partial charge is 0.497 e. The maximum Gasteiger partial charge on any atom is 0.191 e. The van der Waals surface area contributed by atoms with Gasteiger partial charge in [-0.3, -0.25) is 9.89 Å². The molecule has 2 aromatic rings. The minimum atomic E-state index is 0. The van der Waals surface area contributed by atoms with Gasteiger partial charge in [0.05, 0.1) is 39.2 Å². The molecule has 1 fully saturated rings. The Hall–Kier alpha value is -2.04. The molecule has 2 N–H and O–H groups in total. The van der Waals surface area contributed by atoms with E-state index in [9.17, 15) is 0 Å². The van der Waals surface area contributed by atoms with Crippen LogP contribution in [0.1, 0.15) is 24.3 Å². The molecule has 1 saturated heterocycles. The van der Waals surface area contributed by atoms with Crippen LogP contribution in [0.5, 0.6) is 5.75 Å². The van der Waals surface area contributed by atoms with Crippen LogP contribution < -0.4 is 15.4 Å². The second kappa shape index (κ2) is 14.2. The van der Waals surface area contributed by atoms with Crippen LogP contribution in [0.2, 0.25) is 0 Å². The highest BCUT2D eigenvalue weighted by Crippen LogP contribution is 2.24. The SMILES string of the molecule is C=C(C)CNC(=NCC(c1ccc(OC)cc1)N1CCOCC1)NCCc1ccco1.I.